The monoisotopic (exact) mass is 210 g/mol. The van der Waals surface area contributed by atoms with Crippen LogP contribution in [0.4, 0.5) is 0 Å². The van der Waals surface area contributed by atoms with Gasteiger partial charge in [0.2, 0.25) is 0 Å². The van der Waals surface area contributed by atoms with E-state index in [1.807, 2.05) is 0 Å². The molecule has 3 nitrogen and oxygen atoms in total. The van der Waals surface area contributed by atoms with Crippen LogP contribution in [0.15, 0.2) is 17.0 Å². The normalized spacial score (nSPS) is 13.1. The highest BCUT2D eigenvalue weighted by Crippen LogP contribution is 2.26. The molecule has 1 aromatic heterocycles. The van der Waals surface area contributed by atoms with E-state index >= 15 is 0 Å². The summed E-state index contributed by atoms with van der Waals surface area (Å²) in [7, 11) is 0. The highest BCUT2D eigenvalue weighted by Gasteiger charge is 2.24. The second kappa shape index (κ2) is 4.35. The van der Waals surface area contributed by atoms with E-state index in [1.165, 1.54) is 6.39 Å². The van der Waals surface area contributed by atoms with Gasteiger partial charge in [-0.15, -0.1) is 0 Å². The minimum absolute atomic E-state index is 0.116. The van der Waals surface area contributed by atoms with Gasteiger partial charge < -0.3 is 9.73 Å². The number of hydrogen-bond donors (Lipinski definition) is 1. The number of hydrogen-bond acceptors (Lipinski definition) is 3. The van der Waals surface area contributed by atoms with Crippen molar-refractivity contribution in [1.82, 2.24) is 10.3 Å². The van der Waals surface area contributed by atoms with Gasteiger partial charge in [0.1, 0.15) is 5.76 Å². The van der Waals surface area contributed by atoms with E-state index in [2.05, 4.69) is 44.9 Å². The van der Waals surface area contributed by atoms with Crippen LogP contribution in [0.2, 0.25) is 0 Å². The number of oxazole rings is 1. The Morgan fingerprint density at radius 2 is 1.93 bits per heavy atom. The van der Waals surface area contributed by atoms with E-state index in [9.17, 15) is 0 Å². The molecular weight excluding hydrogens is 188 g/mol. The van der Waals surface area contributed by atoms with Crippen LogP contribution in [-0.2, 0) is 6.54 Å². The van der Waals surface area contributed by atoms with Crippen LogP contribution >= 0.6 is 0 Å². The lowest BCUT2D eigenvalue weighted by Crippen LogP contribution is -2.41. The van der Waals surface area contributed by atoms with Crippen LogP contribution < -0.4 is 5.32 Å². The summed E-state index contributed by atoms with van der Waals surface area (Å²) in [4.78, 5) is 3.89. The van der Waals surface area contributed by atoms with Crippen LogP contribution in [0.3, 0.4) is 0 Å². The quantitative estimate of drug-likeness (QED) is 0.830. The smallest absolute Gasteiger partial charge is 0.180 e. The maximum atomic E-state index is 5.19. The summed E-state index contributed by atoms with van der Waals surface area (Å²) in [5.41, 5.74) is 0.447. The van der Waals surface area contributed by atoms with Crippen molar-refractivity contribution < 1.29 is 4.42 Å². The van der Waals surface area contributed by atoms with E-state index in [0.717, 1.165) is 18.7 Å². The van der Waals surface area contributed by atoms with Gasteiger partial charge in [0, 0.05) is 5.54 Å². The van der Waals surface area contributed by atoms with Gasteiger partial charge in [0.15, 0.2) is 6.39 Å². The van der Waals surface area contributed by atoms with Gasteiger partial charge in [-0.3, -0.25) is 0 Å². The van der Waals surface area contributed by atoms with Crippen molar-refractivity contribution in [2.45, 2.75) is 53.1 Å². The van der Waals surface area contributed by atoms with Gasteiger partial charge in [-0.05, 0) is 25.7 Å². The van der Waals surface area contributed by atoms with E-state index in [-0.39, 0.29) is 5.54 Å². The summed E-state index contributed by atoms with van der Waals surface area (Å²) in [5.74, 6) is 0.886. The largest absolute Gasteiger partial charge is 0.447 e. The Bertz CT molecular complexity index is 283. The summed E-state index contributed by atoms with van der Waals surface area (Å²) in [5, 5.41) is 3.48. The van der Waals surface area contributed by atoms with Gasteiger partial charge in [0.05, 0.1) is 12.7 Å². The van der Waals surface area contributed by atoms with Crippen molar-refractivity contribution in [3.05, 3.63) is 18.4 Å². The minimum Gasteiger partial charge on any atom is -0.447 e. The Hall–Kier alpha value is -0.830. The third-order valence-electron chi connectivity index (χ3n) is 2.20. The summed E-state index contributed by atoms with van der Waals surface area (Å²) >= 11 is 0. The molecular formula is C12H22N2O. The van der Waals surface area contributed by atoms with Crippen LogP contribution in [0.25, 0.3) is 0 Å². The Morgan fingerprint density at radius 1 is 1.27 bits per heavy atom. The molecule has 0 saturated heterocycles. The lowest BCUT2D eigenvalue weighted by atomic mass is 9.82. The molecule has 86 valence electrons. The Morgan fingerprint density at radius 3 is 2.40 bits per heavy atom. The molecule has 3 heteroatoms. The molecule has 0 aliphatic carbocycles. The number of nitrogens with zero attached hydrogens (tertiary/aromatic N) is 1. The molecule has 0 aromatic carbocycles. The zero-order valence-corrected chi connectivity index (χ0v) is 10.4. The van der Waals surface area contributed by atoms with Crippen molar-refractivity contribution in [2.24, 2.45) is 5.41 Å². The van der Waals surface area contributed by atoms with Crippen molar-refractivity contribution in [2.75, 3.05) is 0 Å². The maximum absolute atomic E-state index is 5.19. The van der Waals surface area contributed by atoms with Gasteiger partial charge in [-0.25, -0.2) is 4.98 Å². The highest BCUT2D eigenvalue weighted by molar-refractivity contribution is 4.91. The summed E-state index contributed by atoms with van der Waals surface area (Å²) in [6.45, 7) is 11.9. The van der Waals surface area contributed by atoms with Gasteiger partial charge in [-0.1, -0.05) is 20.8 Å². The van der Waals surface area contributed by atoms with E-state index in [1.54, 1.807) is 6.20 Å². The van der Waals surface area contributed by atoms with Crippen molar-refractivity contribution in [1.29, 1.82) is 0 Å². The first-order chi connectivity index (χ1) is 6.79. The SMILES string of the molecule is CC(C)(C)CC(C)(C)NCc1cnco1. The molecule has 1 rings (SSSR count). The molecule has 15 heavy (non-hydrogen) atoms. The molecule has 1 heterocycles. The third kappa shape index (κ3) is 4.98. The molecule has 1 N–H and O–H groups in total. The first-order valence-electron chi connectivity index (χ1n) is 5.41. The number of aromatic nitrogens is 1. The molecule has 0 bridgehead atoms. The predicted molar refractivity (Wildman–Crippen MR) is 61.5 cm³/mol. The van der Waals surface area contributed by atoms with E-state index < -0.39 is 0 Å². The molecule has 0 aliphatic rings. The molecule has 0 fully saturated rings. The summed E-state index contributed by atoms with van der Waals surface area (Å²) < 4.78 is 5.19. The standard InChI is InChI=1S/C12H22N2O/c1-11(2,3)8-12(4,5)14-7-10-6-13-9-15-10/h6,9,14H,7-8H2,1-5H3. The fourth-order valence-electron chi connectivity index (χ4n) is 2.04. The molecule has 0 unspecified atom stereocenters. The van der Waals surface area contributed by atoms with Crippen LogP contribution in [0, 0.1) is 5.41 Å². The molecule has 0 saturated carbocycles. The van der Waals surface area contributed by atoms with Crippen molar-refractivity contribution in [3.63, 3.8) is 0 Å². The number of nitrogens with one attached hydrogen (secondary N) is 1. The topological polar surface area (TPSA) is 38.1 Å². The van der Waals surface area contributed by atoms with Gasteiger partial charge >= 0.3 is 0 Å². The second-order valence-corrected chi connectivity index (χ2v) is 5.94. The summed E-state index contributed by atoms with van der Waals surface area (Å²) in [6, 6.07) is 0. The van der Waals surface area contributed by atoms with Gasteiger partial charge in [0.25, 0.3) is 0 Å². The van der Waals surface area contributed by atoms with Crippen LogP contribution in [0.1, 0.15) is 46.8 Å². The zero-order valence-electron chi connectivity index (χ0n) is 10.4. The fraction of sp³-hybridized carbons (Fsp3) is 0.750. The Balaban J connectivity index is 2.43. The summed E-state index contributed by atoms with van der Waals surface area (Å²) in [6.07, 6.45) is 4.34. The Labute approximate surface area is 92.3 Å². The molecule has 0 amide bonds. The first-order valence-corrected chi connectivity index (χ1v) is 5.41. The van der Waals surface area contributed by atoms with E-state index in [4.69, 9.17) is 4.42 Å². The highest BCUT2D eigenvalue weighted by atomic mass is 16.3. The number of rotatable bonds is 4. The maximum Gasteiger partial charge on any atom is 0.180 e. The van der Waals surface area contributed by atoms with E-state index in [0.29, 0.717) is 5.41 Å². The Kier molecular flexibility index (Phi) is 3.55. The lowest BCUT2D eigenvalue weighted by molar-refractivity contribution is 0.235. The van der Waals surface area contributed by atoms with Crippen LogP contribution in [-0.4, -0.2) is 10.5 Å². The average molecular weight is 210 g/mol. The molecule has 0 radical (unpaired) electrons. The molecule has 0 spiro atoms. The van der Waals surface area contributed by atoms with Crippen molar-refractivity contribution in [3.8, 4) is 0 Å². The average Bonchev–Trinajstić information content (AvgIpc) is 2.47. The molecule has 0 aliphatic heterocycles. The van der Waals surface area contributed by atoms with Crippen LogP contribution in [0.5, 0.6) is 0 Å². The third-order valence-corrected chi connectivity index (χ3v) is 2.20. The molecule has 0 atom stereocenters. The molecule has 1 aromatic rings. The van der Waals surface area contributed by atoms with Gasteiger partial charge in [-0.2, -0.15) is 0 Å². The van der Waals surface area contributed by atoms with Crippen molar-refractivity contribution >= 4 is 0 Å². The predicted octanol–water partition coefficient (Wildman–Crippen LogP) is 2.98. The fourth-order valence-corrected chi connectivity index (χ4v) is 2.04. The second-order valence-electron chi connectivity index (χ2n) is 5.94. The first kappa shape index (κ1) is 12.2. The lowest BCUT2D eigenvalue weighted by Gasteiger charge is -2.33. The minimum atomic E-state index is 0.116. The zero-order chi connectivity index (χ0) is 11.5.